The number of likely N-dealkylation sites (tertiary alicyclic amines) is 1. The lowest BCUT2D eigenvalue weighted by Crippen LogP contribution is -2.53. The van der Waals surface area contributed by atoms with Gasteiger partial charge in [-0.1, -0.05) is 44.2 Å². The smallest absolute Gasteiger partial charge is 0.239 e. The molecule has 1 amide bonds. The molecule has 0 spiro atoms. The Hall–Kier alpha value is -1.39. The zero-order chi connectivity index (χ0) is 16.1. The highest BCUT2D eigenvalue weighted by molar-refractivity contribution is 5.82. The standard InChI is InChI=1S/C18H29N3O/c1-14(2)17(19)18(22)21-11-7-10-16(13-21)20(3)12-15-8-5-4-6-9-15/h4-6,8-9,14,16-17H,7,10-13,19H2,1-3H3/t16-,17?/m0/s1. The zero-order valence-corrected chi connectivity index (χ0v) is 14.0. The Kier molecular flexibility index (Phi) is 5.98. The Balaban J connectivity index is 1.94. The van der Waals surface area contributed by atoms with E-state index in [1.807, 2.05) is 24.8 Å². The summed E-state index contributed by atoms with van der Waals surface area (Å²) in [6.45, 7) is 6.57. The van der Waals surface area contributed by atoms with Crippen LogP contribution in [0.2, 0.25) is 0 Å². The third-order valence-corrected chi connectivity index (χ3v) is 4.61. The molecule has 0 radical (unpaired) electrons. The second-order valence-corrected chi connectivity index (χ2v) is 6.75. The summed E-state index contributed by atoms with van der Waals surface area (Å²) in [6.07, 6.45) is 2.20. The van der Waals surface area contributed by atoms with E-state index < -0.39 is 0 Å². The van der Waals surface area contributed by atoms with Gasteiger partial charge in [-0.3, -0.25) is 9.69 Å². The second kappa shape index (κ2) is 7.75. The molecule has 1 aliphatic heterocycles. The molecule has 1 fully saturated rings. The third-order valence-electron chi connectivity index (χ3n) is 4.61. The molecule has 2 rings (SSSR count). The summed E-state index contributed by atoms with van der Waals surface area (Å²) in [7, 11) is 2.15. The van der Waals surface area contributed by atoms with Gasteiger partial charge in [-0.05, 0) is 31.4 Å². The summed E-state index contributed by atoms with van der Waals surface area (Å²) in [4.78, 5) is 16.8. The number of likely N-dealkylation sites (N-methyl/N-ethyl adjacent to an activating group) is 1. The van der Waals surface area contributed by atoms with Gasteiger partial charge in [0, 0.05) is 25.7 Å². The van der Waals surface area contributed by atoms with E-state index in [0.717, 1.165) is 32.5 Å². The largest absolute Gasteiger partial charge is 0.340 e. The molecule has 0 bridgehead atoms. The van der Waals surface area contributed by atoms with Crippen molar-refractivity contribution in [2.24, 2.45) is 11.7 Å². The molecule has 1 aliphatic rings. The van der Waals surface area contributed by atoms with Crippen LogP contribution in [-0.4, -0.2) is 47.9 Å². The molecular formula is C18H29N3O. The SMILES string of the molecule is CC(C)C(N)C(=O)N1CCC[C@H](N(C)Cc2ccccc2)C1. The normalized spacial score (nSPS) is 20.5. The molecule has 22 heavy (non-hydrogen) atoms. The van der Waals surface area contributed by atoms with E-state index in [4.69, 9.17) is 5.73 Å². The van der Waals surface area contributed by atoms with Crippen LogP contribution in [0.5, 0.6) is 0 Å². The fourth-order valence-corrected chi connectivity index (χ4v) is 3.01. The van der Waals surface area contributed by atoms with Crippen LogP contribution in [-0.2, 0) is 11.3 Å². The maximum atomic E-state index is 12.4. The highest BCUT2D eigenvalue weighted by atomic mass is 16.2. The average Bonchev–Trinajstić information content (AvgIpc) is 2.54. The van der Waals surface area contributed by atoms with Crippen molar-refractivity contribution in [3.8, 4) is 0 Å². The van der Waals surface area contributed by atoms with Gasteiger partial charge in [-0.25, -0.2) is 0 Å². The van der Waals surface area contributed by atoms with Gasteiger partial charge in [0.15, 0.2) is 0 Å². The van der Waals surface area contributed by atoms with Crippen molar-refractivity contribution in [1.29, 1.82) is 0 Å². The van der Waals surface area contributed by atoms with Crippen molar-refractivity contribution in [2.75, 3.05) is 20.1 Å². The topological polar surface area (TPSA) is 49.6 Å². The van der Waals surface area contributed by atoms with Crippen LogP contribution in [0.1, 0.15) is 32.3 Å². The predicted octanol–water partition coefficient (Wildman–Crippen LogP) is 2.09. The molecule has 2 atom stereocenters. The van der Waals surface area contributed by atoms with Crippen molar-refractivity contribution in [1.82, 2.24) is 9.80 Å². The number of amides is 1. The van der Waals surface area contributed by atoms with Gasteiger partial charge >= 0.3 is 0 Å². The Morgan fingerprint density at radius 1 is 1.36 bits per heavy atom. The van der Waals surface area contributed by atoms with Crippen molar-refractivity contribution in [2.45, 2.75) is 45.3 Å². The van der Waals surface area contributed by atoms with Gasteiger partial charge in [-0.15, -0.1) is 0 Å². The minimum atomic E-state index is -0.377. The highest BCUT2D eigenvalue weighted by Crippen LogP contribution is 2.18. The lowest BCUT2D eigenvalue weighted by atomic mass is 9.99. The van der Waals surface area contributed by atoms with Gasteiger partial charge in [0.1, 0.15) is 0 Å². The summed E-state index contributed by atoms with van der Waals surface area (Å²) in [6, 6.07) is 10.5. The molecule has 1 saturated heterocycles. The maximum Gasteiger partial charge on any atom is 0.239 e. The molecule has 0 aromatic heterocycles. The quantitative estimate of drug-likeness (QED) is 0.906. The summed E-state index contributed by atoms with van der Waals surface area (Å²) in [5.41, 5.74) is 7.34. The number of piperidine rings is 1. The molecule has 4 nitrogen and oxygen atoms in total. The summed E-state index contributed by atoms with van der Waals surface area (Å²) in [5, 5.41) is 0. The fraction of sp³-hybridized carbons (Fsp3) is 0.611. The highest BCUT2D eigenvalue weighted by Gasteiger charge is 2.29. The molecular weight excluding hydrogens is 274 g/mol. The van der Waals surface area contributed by atoms with Gasteiger partial charge in [0.05, 0.1) is 6.04 Å². The van der Waals surface area contributed by atoms with Crippen molar-refractivity contribution in [3.63, 3.8) is 0 Å². The zero-order valence-electron chi connectivity index (χ0n) is 14.0. The Morgan fingerprint density at radius 2 is 2.05 bits per heavy atom. The number of nitrogens with zero attached hydrogens (tertiary/aromatic N) is 2. The molecule has 122 valence electrons. The first kappa shape index (κ1) is 17.0. The number of carbonyl (C=O) groups excluding carboxylic acids is 1. The minimum absolute atomic E-state index is 0.104. The maximum absolute atomic E-state index is 12.4. The molecule has 1 heterocycles. The van der Waals surface area contributed by atoms with Gasteiger partial charge < -0.3 is 10.6 Å². The molecule has 1 aromatic carbocycles. The van der Waals surface area contributed by atoms with Crippen LogP contribution in [0.4, 0.5) is 0 Å². The van der Waals surface area contributed by atoms with E-state index in [2.05, 4.69) is 36.2 Å². The molecule has 4 heteroatoms. The van der Waals surface area contributed by atoms with E-state index in [1.54, 1.807) is 0 Å². The number of carbonyl (C=O) groups is 1. The van der Waals surface area contributed by atoms with E-state index in [-0.39, 0.29) is 17.9 Å². The van der Waals surface area contributed by atoms with Gasteiger partial charge in [0.25, 0.3) is 0 Å². The summed E-state index contributed by atoms with van der Waals surface area (Å²) in [5.74, 6) is 0.294. The van der Waals surface area contributed by atoms with Crippen LogP contribution in [0, 0.1) is 5.92 Å². The Bertz CT molecular complexity index is 474. The lowest BCUT2D eigenvalue weighted by molar-refractivity contribution is -0.135. The van der Waals surface area contributed by atoms with E-state index >= 15 is 0 Å². The molecule has 2 N–H and O–H groups in total. The van der Waals surface area contributed by atoms with Gasteiger partial charge in [0.2, 0.25) is 5.91 Å². The third kappa shape index (κ3) is 4.31. The van der Waals surface area contributed by atoms with E-state index in [1.165, 1.54) is 5.56 Å². The number of benzene rings is 1. The molecule has 0 saturated carbocycles. The first-order chi connectivity index (χ1) is 10.5. The second-order valence-electron chi connectivity index (χ2n) is 6.75. The monoisotopic (exact) mass is 303 g/mol. The Morgan fingerprint density at radius 3 is 2.68 bits per heavy atom. The lowest BCUT2D eigenvalue weighted by Gasteiger charge is -2.39. The number of hydrogen-bond acceptors (Lipinski definition) is 3. The molecule has 1 unspecified atom stereocenters. The van der Waals surface area contributed by atoms with Crippen LogP contribution in [0.15, 0.2) is 30.3 Å². The number of hydrogen-bond donors (Lipinski definition) is 1. The molecule has 1 aromatic rings. The first-order valence-corrected chi connectivity index (χ1v) is 8.27. The van der Waals surface area contributed by atoms with Crippen LogP contribution in [0.3, 0.4) is 0 Å². The van der Waals surface area contributed by atoms with Crippen molar-refractivity contribution < 1.29 is 4.79 Å². The predicted molar refractivity (Wildman–Crippen MR) is 90.3 cm³/mol. The van der Waals surface area contributed by atoms with Crippen LogP contribution < -0.4 is 5.73 Å². The van der Waals surface area contributed by atoms with Gasteiger partial charge in [-0.2, -0.15) is 0 Å². The summed E-state index contributed by atoms with van der Waals surface area (Å²) < 4.78 is 0. The van der Waals surface area contributed by atoms with E-state index in [9.17, 15) is 4.79 Å². The average molecular weight is 303 g/mol. The number of rotatable bonds is 5. The summed E-state index contributed by atoms with van der Waals surface area (Å²) >= 11 is 0. The number of nitrogens with two attached hydrogens (primary N) is 1. The molecule has 0 aliphatic carbocycles. The Labute approximate surface area is 134 Å². The first-order valence-electron chi connectivity index (χ1n) is 8.27. The van der Waals surface area contributed by atoms with Crippen LogP contribution in [0.25, 0.3) is 0 Å². The van der Waals surface area contributed by atoms with Crippen molar-refractivity contribution >= 4 is 5.91 Å². The van der Waals surface area contributed by atoms with Crippen LogP contribution >= 0.6 is 0 Å². The fourth-order valence-electron chi connectivity index (χ4n) is 3.01. The minimum Gasteiger partial charge on any atom is -0.340 e. The van der Waals surface area contributed by atoms with Crippen molar-refractivity contribution in [3.05, 3.63) is 35.9 Å². The van der Waals surface area contributed by atoms with E-state index in [0.29, 0.717) is 6.04 Å².